The summed E-state index contributed by atoms with van der Waals surface area (Å²) in [5, 5.41) is -0.282. The van der Waals surface area contributed by atoms with Crippen LogP contribution >= 0.6 is 11.6 Å². The van der Waals surface area contributed by atoms with Crippen molar-refractivity contribution in [1.29, 1.82) is 0 Å². The van der Waals surface area contributed by atoms with E-state index in [0.717, 1.165) is 5.56 Å². The largest absolute Gasteiger partial charge is 0.281 e. The third-order valence-electron chi connectivity index (χ3n) is 2.81. The van der Waals surface area contributed by atoms with Crippen LogP contribution in [0.5, 0.6) is 0 Å². The predicted octanol–water partition coefficient (Wildman–Crippen LogP) is 4.24. The van der Waals surface area contributed by atoms with E-state index >= 15 is 0 Å². The Morgan fingerprint density at radius 3 is 1.88 bits per heavy atom. The van der Waals surface area contributed by atoms with Gasteiger partial charge in [-0.15, -0.1) is 0 Å². The van der Waals surface area contributed by atoms with Crippen molar-refractivity contribution in [1.82, 2.24) is 0 Å². The minimum Gasteiger partial charge on any atom is -0.281 e. The minimum atomic E-state index is -0.282. The van der Waals surface area contributed by atoms with Crippen molar-refractivity contribution >= 4 is 16.8 Å². The summed E-state index contributed by atoms with van der Waals surface area (Å²) in [4.78, 5) is 11.1. The molecule has 2 heteroatoms. The second-order valence-electron chi connectivity index (χ2n) is 4.76. The zero-order valence-corrected chi connectivity index (χ0v) is 11.1. The Morgan fingerprint density at radius 1 is 1.12 bits per heavy atom. The first-order valence-corrected chi connectivity index (χ1v) is 6.11. The lowest BCUT2D eigenvalue weighted by Gasteiger charge is -2.18. The predicted molar refractivity (Wildman–Crippen MR) is 69.2 cm³/mol. The van der Waals surface area contributed by atoms with Gasteiger partial charge in [-0.3, -0.25) is 4.79 Å². The lowest BCUT2D eigenvalue weighted by molar-refractivity contribution is -0.111. The Labute approximate surface area is 103 Å². The molecule has 0 fully saturated rings. The molecule has 0 saturated carbocycles. The van der Waals surface area contributed by atoms with E-state index in [4.69, 9.17) is 11.6 Å². The third-order valence-corrected chi connectivity index (χ3v) is 2.94. The molecule has 0 radical (unpaired) electrons. The van der Waals surface area contributed by atoms with Crippen molar-refractivity contribution in [3.05, 3.63) is 34.9 Å². The fourth-order valence-corrected chi connectivity index (χ4v) is 2.18. The molecule has 0 heterocycles. The summed E-state index contributed by atoms with van der Waals surface area (Å²) in [7, 11) is 0. The van der Waals surface area contributed by atoms with Gasteiger partial charge in [-0.25, -0.2) is 0 Å². The monoisotopic (exact) mass is 238 g/mol. The molecule has 0 aliphatic heterocycles. The van der Waals surface area contributed by atoms with Crippen molar-refractivity contribution in [3.63, 3.8) is 0 Å². The molecule has 0 saturated heterocycles. The first-order valence-electron chi connectivity index (χ1n) is 5.73. The highest BCUT2D eigenvalue weighted by Gasteiger charge is 2.15. The Morgan fingerprint density at radius 2 is 1.56 bits per heavy atom. The highest BCUT2D eigenvalue weighted by atomic mass is 35.5. The molecule has 0 unspecified atom stereocenters. The van der Waals surface area contributed by atoms with E-state index in [1.54, 1.807) is 0 Å². The van der Waals surface area contributed by atoms with E-state index in [9.17, 15) is 4.79 Å². The van der Waals surface area contributed by atoms with E-state index in [1.807, 2.05) is 0 Å². The van der Waals surface area contributed by atoms with Gasteiger partial charge in [0.1, 0.15) is 0 Å². The molecule has 0 aliphatic carbocycles. The van der Waals surface area contributed by atoms with Gasteiger partial charge in [-0.2, -0.15) is 0 Å². The molecule has 0 aliphatic rings. The Bertz CT molecular complexity index is 354. The zero-order chi connectivity index (χ0) is 12.3. The van der Waals surface area contributed by atoms with Gasteiger partial charge in [-0.05, 0) is 40.1 Å². The van der Waals surface area contributed by atoms with Gasteiger partial charge in [0.15, 0.2) is 0 Å². The van der Waals surface area contributed by atoms with E-state index in [2.05, 4.69) is 45.9 Å². The van der Waals surface area contributed by atoms with Crippen molar-refractivity contribution in [3.8, 4) is 0 Å². The molecule has 1 nitrogen and oxygen atoms in total. The molecule has 1 aromatic carbocycles. The summed E-state index contributed by atoms with van der Waals surface area (Å²) in [6.07, 6.45) is 0.337. The second-order valence-corrected chi connectivity index (χ2v) is 5.18. The molecular weight excluding hydrogens is 220 g/mol. The summed E-state index contributed by atoms with van der Waals surface area (Å²) >= 11 is 5.53. The molecule has 1 rings (SSSR count). The van der Waals surface area contributed by atoms with Crippen LogP contribution in [0.25, 0.3) is 0 Å². The Balaban J connectivity index is 3.28. The molecule has 1 aromatic rings. The van der Waals surface area contributed by atoms with Gasteiger partial charge in [0.25, 0.3) is 0 Å². The standard InChI is InChI=1S/C14H19ClO/c1-9(2)11-6-5-7-12(10(3)4)13(11)8-14(15)16/h5-7,9-10H,8H2,1-4H3. The zero-order valence-electron chi connectivity index (χ0n) is 10.4. The van der Waals surface area contributed by atoms with E-state index in [0.29, 0.717) is 18.3 Å². The summed E-state index contributed by atoms with van der Waals surface area (Å²) in [6, 6.07) is 6.24. The van der Waals surface area contributed by atoms with Gasteiger partial charge in [0, 0.05) is 6.42 Å². The molecule has 0 amide bonds. The SMILES string of the molecule is CC(C)c1cccc(C(C)C)c1CC(=O)Cl. The maximum Gasteiger partial charge on any atom is 0.226 e. The van der Waals surface area contributed by atoms with E-state index in [-0.39, 0.29) is 5.24 Å². The van der Waals surface area contributed by atoms with Gasteiger partial charge >= 0.3 is 0 Å². The Kier molecular flexibility index (Phi) is 4.55. The summed E-state index contributed by atoms with van der Waals surface area (Å²) in [6.45, 7) is 8.56. The molecule has 88 valence electrons. The van der Waals surface area contributed by atoms with Gasteiger partial charge in [-0.1, -0.05) is 45.9 Å². The van der Waals surface area contributed by atoms with Crippen LogP contribution in [0.1, 0.15) is 56.2 Å². The number of hydrogen-bond acceptors (Lipinski definition) is 1. The Hall–Kier alpha value is -0.820. The molecule has 0 atom stereocenters. The summed E-state index contributed by atoms with van der Waals surface area (Å²) in [5.74, 6) is 0.842. The number of benzene rings is 1. The maximum absolute atomic E-state index is 11.1. The first-order chi connectivity index (χ1) is 7.43. The maximum atomic E-state index is 11.1. The van der Waals surface area contributed by atoms with Gasteiger partial charge in [0.05, 0.1) is 0 Å². The first kappa shape index (κ1) is 13.2. The second kappa shape index (κ2) is 5.49. The van der Waals surface area contributed by atoms with Crippen molar-refractivity contribution in [2.24, 2.45) is 0 Å². The van der Waals surface area contributed by atoms with Gasteiger partial charge in [0.2, 0.25) is 5.24 Å². The summed E-state index contributed by atoms with van der Waals surface area (Å²) < 4.78 is 0. The van der Waals surface area contributed by atoms with Crippen LogP contribution in [0.2, 0.25) is 0 Å². The smallest absolute Gasteiger partial charge is 0.226 e. The van der Waals surface area contributed by atoms with Crippen LogP contribution in [0.15, 0.2) is 18.2 Å². The average Bonchev–Trinajstić information content (AvgIpc) is 2.16. The summed E-state index contributed by atoms with van der Waals surface area (Å²) in [5.41, 5.74) is 3.59. The molecule has 0 spiro atoms. The molecule has 0 aromatic heterocycles. The number of carbonyl (C=O) groups excluding carboxylic acids is 1. The normalized spacial score (nSPS) is 11.2. The number of halogens is 1. The van der Waals surface area contributed by atoms with Crippen LogP contribution in [-0.4, -0.2) is 5.24 Å². The topological polar surface area (TPSA) is 17.1 Å². The highest BCUT2D eigenvalue weighted by molar-refractivity contribution is 6.63. The minimum absolute atomic E-state index is 0.282. The van der Waals surface area contributed by atoms with Crippen LogP contribution in [0, 0.1) is 0 Å². The van der Waals surface area contributed by atoms with Gasteiger partial charge < -0.3 is 0 Å². The van der Waals surface area contributed by atoms with Crippen molar-refractivity contribution in [2.45, 2.75) is 46.0 Å². The fourth-order valence-electron chi connectivity index (χ4n) is 2.05. The van der Waals surface area contributed by atoms with Crippen molar-refractivity contribution in [2.75, 3.05) is 0 Å². The van der Waals surface area contributed by atoms with Crippen LogP contribution in [0.3, 0.4) is 0 Å². The number of carbonyl (C=O) groups is 1. The lowest BCUT2D eigenvalue weighted by Crippen LogP contribution is -2.06. The fraction of sp³-hybridized carbons (Fsp3) is 0.500. The number of hydrogen-bond donors (Lipinski definition) is 0. The van der Waals surface area contributed by atoms with Crippen LogP contribution in [0.4, 0.5) is 0 Å². The molecule has 0 bridgehead atoms. The molecule has 16 heavy (non-hydrogen) atoms. The van der Waals surface area contributed by atoms with Crippen molar-refractivity contribution < 1.29 is 4.79 Å². The van der Waals surface area contributed by atoms with Crippen LogP contribution in [-0.2, 0) is 11.2 Å². The lowest BCUT2D eigenvalue weighted by atomic mass is 9.87. The third kappa shape index (κ3) is 3.08. The number of rotatable bonds is 4. The van der Waals surface area contributed by atoms with Crippen LogP contribution < -0.4 is 0 Å². The molecule has 0 N–H and O–H groups in total. The highest BCUT2D eigenvalue weighted by Crippen LogP contribution is 2.28. The average molecular weight is 239 g/mol. The van der Waals surface area contributed by atoms with E-state index < -0.39 is 0 Å². The van der Waals surface area contributed by atoms with E-state index in [1.165, 1.54) is 11.1 Å². The molecular formula is C14H19ClO. The quantitative estimate of drug-likeness (QED) is 0.717.